The Balaban J connectivity index is 2.31. The van der Waals surface area contributed by atoms with E-state index in [1.165, 1.54) is 0 Å². The van der Waals surface area contributed by atoms with Crippen LogP contribution in [0.3, 0.4) is 0 Å². The van der Waals surface area contributed by atoms with E-state index in [4.69, 9.17) is 4.52 Å². The zero-order valence-electron chi connectivity index (χ0n) is 7.24. The third kappa shape index (κ3) is 3.20. The summed E-state index contributed by atoms with van der Waals surface area (Å²) in [6.45, 7) is 5.56. The Morgan fingerprint density at radius 2 is 2.54 bits per heavy atom. The van der Waals surface area contributed by atoms with E-state index < -0.39 is 20.0 Å². The van der Waals surface area contributed by atoms with Crippen LogP contribution in [-0.2, 0) is 18.6 Å². The molecule has 6 heteroatoms. The van der Waals surface area contributed by atoms with Crippen molar-refractivity contribution in [2.75, 3.05) is 13.2 Å². The van der Waals surface area contributed by atoms with Gasteiger partial charge in [0, 0.05) is 0 Å². The van der Waals surface area contributed by atoms with Crippen LogP contribution < -0.4 is 0 Å². The van der Waals surface area contributed by atoms with Crippen LogP contribution in [-0.4, -0.2) is 25.2 Å². The zero-order chi connectivity index (χ0) is 9.84. The Labute approximate surface area is 76.5 Å². The molecule has 0 aliphatic carbocycles. The van der Waals surface area contributed by atoms with Crippen molar-refractivity contribution >= 4 is 14.2 Å². The van der Waals surface area contributed by atoms with Crippen molar-refractivity contribution in [2.45, 2.75) is 12.8 Å². The number of ether oxygens (including phenoxy) is 2. The lowest BCUT2D eigenvalue weighted by atomic mass is 10.4. The lowest BCUT2D eigenvalue weighted by Crippen LogP contribution is -2.05. The van der Waals surface area contributed by atoms with Crippen molar-refractivity contribution < 1.29 is 23.4 Å². The molecular weight excluding hydrogens is 195 g/mol. The van der Waals surface area contributed by atoms with Gasteiger partial charge in [0.25, 0.3) is 0 Å². The van der Waals surface area contributed by atoms with Gasteiger partial charge >= 0.3 is 6.16 Å². The molecule has 5 nitrogen and oxygen atoms in total. The molecule has 1 fully saturated rings. The first-order valence-electron chi connectivity index (χ1n) is 3.74. The minimum Gasteiger partial charge on any atom is -0.430 e. The van der Waals surface area contributed by atoms with Gasteiger partial charge in [-0.05, 0) is 6.92 Å². The van der Waals surface area contributed by atoms with Crippen LogP contribution in [0.4, 0.5) is 4.79 Å². The predicted molar refractivity (Wildman–Crippen MR) is 46.0 cm³/mol. The van der Waals surface area contributed by atoms with Gasteiger partial charge in [0.2, 0.25) is 13.9 Å². The van der Waals surface area contributed by atoms with E-state index >= 15 is 0 Å². The molecule has 74 valence electrons. The molecule has 0 spiro atoms. The Hall–Kier alpha value is -0.800. The Bertz CT molecular complexity index is 249. The smallest absolute Gasteiger partial charge is 0.430 e. The number of carbonyl (C=O) groups excluding carboxylic acids is 1. The van der Waals surface area contributed by atoms with Gasteiger partial charge in [-0.2, -0.15) is 0 Å². The third-order valence-corrected chi connectivity index (χ3v) is 2.55. The molecule has 0 aromatic carbocycles. The van der Waals surface area contributed by atoms with E-state index in [0.717, 1.165) is 5.57 Å². The summed E-state index contributed by atoms with van der Waals surface area (Å²) in [5.74, 6) is -0.739. The monoisotopic (exact) mass is 206 g/mol. The van der Waals surface area contributed by atoms with Crippen LogP contribution in [0.1, 0.15) is 6.92 Å². The summed E-state index contributed by atoms with van der Waals surface area (Å²) < 4.78 is 25.2. The van der Waals surface area contributed by atoms with Gasteiger partial charge in [-0.3, -0.25) is 4.57 Å². The van der Waals surface area contributed by atoms with Crippen LogP contribution in [0.5, 0.6) is 0 Å². The fourth-order valence-corrected chi connectivity index (χ4v) is 1.72. The molecule has 0 bridgehead atoms. The van der Waals surface area contributed by atoms with Crippen LogP contribution in [0, 0.1) is 0 Å². The molecule has 0 N–H and O–H groups in total. The maximum atomic E-state index is 11.3. The molecule has 0 aromatic rings. The van der Waals surface area contributed by atoms with Crippen molar-refractivity contribution in [3.8, 4) is 0 Å². The number of hydrogen-bond acceptors (Lipinski definition) is 5. The van der Waals surface area contributed by atoms with E-state index in [-0.39, 0.29) is 13.2 Å². The summed E-state index contributed by atoms with van der Waals surface area (Å²) in [5, 5.41) is 0. The van der Waals surface area contributed by atoms with Crippen molar-refractivity contribution in [3.05, 3.63) is 12.2 Å². The normalized spacial score (nSPS) is 23.5. The Kier molecular flexibility index (Phi) is 3.51. The zero-order valence-corrected chi connectivity index (χ0v) is 8.24. The molecule has 0 amide bonds. The molecule has 13 heavy (non-hydrogen) atoms. The first-order chi connectivity index (χ1) is 6.09. The molecule has 0 aromatic heterocycles. The average Bonchev–Trinajstić information content (AvgIpc) is 2.47. The molecule has 1 heterocycles. The van der Waals surface area contributed by atoms with E-state index in [0.29, 0.717) is 0 Å². The lowest BCUT2D eigenvalue weighted by molar-refractivity contribution is 0.126. The first-order valence-corrected chi connectivity index (χ1v) is 5.13. The summed E-state index contributed by atoms with van der Waals surface area (Å²) in [6, 6.07) is 0. The van der Waals surface area contributed by atoms with Gasteiger partial charge in [-0.25, -0.2) is 4.79 Å². The first kappa shape index (κ1) is 10.3. The number of rotatable bonds is 4. The molecule has 1 aliphatic rings. The van der Waals surface area contributed by atoms with E-state index in [1.54, 1.807) is 6.92 Å². The second-order valence-corrected chi connectivity index (χ2v) is 4.30. The molecule has 1 saturated heterocycles. The second kappa shape index (κ2) is 4.44. The van der Waals surface area contributed by atoms with Crippen molar-refractivity contribution in [1.82, 2.24) is 0 Å². The molecule has 0 radical (unpaired) electrons. The minimum absolute atomic E-state index is 0.00677. The minimum atomic E-state index is -2.37. The highest BCUT2D eigenvalue weighted by molar-refractivity contribution is 7.39. The van der Waals surface area contributed by atoms with Gasteiger partial charge in [0.1, 0.15) is 6.61 Å². The Morgan fingerprint density at radius 1 is 1.85 bits per heavy atom. The summed E-state index contributed by atoms with van der Waals surface area (Å²) in [6.07, 6.45) is -0.790. The molecule has 1 aliphatic heterocycles. The maximum Gasteiger partial charge on any atom is 0.509 e. The number of cyclic esters (lactones) is 2. The summed E-state index contributed by atoms with van der Waals surface area (Å²) in [5.41, 5.74) is 0.767. The Morgan fingerprint density at radius 3 is 3.00 bits per heavy atom. The standard InChI is InChI=1S/C7H11O5P/c1-5(2)3-11-13(9)6-4-10-7(8)12-6/h6,13H,1,3-4H2,2H3. The van der Waals surface area contributed by atoms with Crippen LogP contribution in [0.25, 0.3) is 0 Å². The lowest BCUT2D eigenvalue weighted by Gasteiger charge is -2.06. The van der Waals surface area contributed by atoms with Gasteiger partial charge in [0.15, 0.2) is 0 Å². The molecular formula is C7H11O5P. The summed E-state index contributed by atoms with van der Waals surface area (Å²) in [4.78, 5) is 10.5. The molecule has 0 saturated carbocycles. The van der Waals surface area contributed by atoms with Gasteiger partial charge in [-0.15, -0.1) is 0 Å². The predicted octanol–water partition coefficient (Wildman–Crippen LogP) is 1.55. The van der Waals surface area contributed by atoms with Crippen LogP contribution in [0.2, 0.25) is 0 Å². The van der Waals surface area contributed by atoms with Crippen molar-refractivity contribution in [2.24, 2.45) is 0 Å². The molecule has 2 atom stereocenters. The topological polar surface area (TPSA) is 61.8 Å². The maximum absolute atomic E-state index is 11.3. The molecule has 1 rings (SSSR count). The molecule has 2 unspecified atom stereocenters. The highest BCUT2D eigenvalue weighted by Gasteiger charge is 2.30. The van der Waals surface area contributed by atoms with Gasteiger partial charge in [-0.1, -0.05) is 12.2 Å². The quantitative estimate of drug-likeness (QED) is 0.396. The SMILES string of the molecule is C=C(C)CO[PH](=O)C1COC(=O)O1. The van der Waals surface area contributed by atoms with Crippen LogP contribution in [0.15, 0.2) is 12.2 Å². The largest absolute Gasteiger partial charge is 0.509 e. The highest BCUT2D eigenvalue weighted by Crippen LogP contribution is 2.33. The van der Waals surface area contributed by atoms with E-state index in [1.807, 2.05) is 0 Å². The second-order valence-electron chi connectivity index (χ2n) is 2.73. The van der Waals surface area contributed by atoms with E-state index in [9.17, 15) is 9.36 Å². The fourth-order valence-electron chi connectivity index (χ4n) is 0.731. The van der Waals surface area contributed by atoms with Crippen molar-refractivity contribution in [3.63, 3.8) is 0 Å². The van der Waals surface area contributed by atoms with E-state index in [2.05, 4.69) is 16.1 Å². The number of carbonyl (C=O) groups is 1. The summed E-state index contributed by atoms with van der Waals surface area (Å²) >= 11 is 0. The summed E-state index contributed by atoms with van der Waals surface area (Å²) in [7, 11) is -2.37. The van der Waals surface area contributed by atoms with Crippen molar-refractivity contribution in [1.29, 1.82) is 0 Å². The number of hydrogen-bond donors (Lipinski definition) is 0. The third-order valence-electron chi connectivity index (χ3n) is 1.31. The van der Waals surface area contributed by atoms with Crippen LogP contribution >= 0.6 is 8.03 Å². The average molecular weight is 206 g/mol. The van der Waals surface area contributed by atoms with Gasteiger partial charge in [0.05, 0.1) is 6.61 Å². The fraction of sp³-hybridized carbons (Fsp3) is 0.571. The highest BCUT2D eigenvalue weighted by atomic mass is 31.1. The van der Waals surface area contributed by atoms with Gasteiger partial charge < -0.3 is 14.0 Å².